The molecule has 1 amide bonds. The number of ether oxygens (including phenoxy) is 2. The molecule has 0 fully saturated rings. The van der Waals surface area contributed by atoms with E-state index in [1.54, 1.807) is 18.2 Å². The van der Waals surface area contributed by atoms with Crippen molar-refractivity contribution in [2.45, 2.75) is 6.42 Å². The van der Waals surface area contributed by atoms with Crippen molar-refractivity contribution in [3.8, 4) is 5.75 Å². The number of carbonyl (C=O) groups is 2. The van der Waals surface area contributed by atoms with Gasteiger partial charge in [-0.3, -0.25) is 4.79 Å². The normalized spacial score (nSPS) is 14.2. The number of amides is 1. The van der Waals surface area contributed by atoms with Crippen LogP contribution in [0.4, 0.5) is 5.69 Å². The van der Waals surface area contributed by atoms with Crippen molar-refractivity contribution < 1.29 is 19.1 Å². The van der Waals surface area contributed by atoms with E-state index in [2.05, 4.69) is 10.1 Å². The van der Waals surface area contributed by atoms with Gasteiger partial charge >= 0.3 is 5.97 Å². The van der Waals surface area contributed by atoms with Crippen molar-refractivity contribution in [2.75, 3.05) is 19.0 Å². The van der Waals surface area contributed by atoms with Crippen LogP contribution in [0.2, 0.25) is 0 Å². The lowest BCUT2D eigenvalue weighted by Crippen LogP contribution is -2.10. The highest BCUT2D eigenvalue weighted by Crippen LogP contribution is 2.28. The van der Waals surface area contributed by atoms with E-state index in [-0.39, 0.29) is 5.91 Å². The summed E-state index contributed by atoms with van der Waals surface area (Å²) in [6.07, 6.45) is 0.308. The van der Waals surface area contributed by atoms with E-state index in [4.69, 9.17) is 4.74 Å². The van der Waals surface area contributed by atoms with Crippen LogP contribution >= 0.6 is 0 Å². The van der Waals surface area contributed by atoms with Gasteiger partial charge in [-0.15, -0.1) is 0 Å². The van der Waals surface area contributed by atoms with Crippen LogP contribution in [-0.4, -0.2) is 25.6 Å². The van der Waals surface area contributed by atoms with Gasteiger partial charge in [0.25, 0.3) is 0 Å². The van der Waals surface area contributed by atoms with Gasteiger partial charge < -0.3 is 14.8 Å². The number of methoxy groups -OCH3 is 1. The first-order valence-corrected chi connectivity index (χ1v) is 4.86. The Labute approximate surface area is 92.4 Å². The van der Waals surface area contributed by atoms with Crippen molar-refractivity contribution in [1.82, 2.24) is 0 Å². The molecule has 0 saturated carbocycles. The van der Waals surface area contributed by atoms with Crippen LogP contribution in [0.5, 0.6) is 5.75 Å². The summed E-state index contributed by atoms with van der Waals surface area (Å²) in [5.41, 5.74) is 0.979. The lowest BCUT2D eigenvalue weighted by molar-refractivity contribution is -0.116. The predicted molar refractivity (Wildman–Crippen MR) is 56.5 cm³/mol. The average Bonchev–Trinajstić information content (AvgIpc) is 2.47. The highest BCUT2D eigenvalue weighted by atomic mass is 16.5. The first-order chi connectivity index (χ1) is 7.70. The Hall–Kier alpha value is -2.04. The summed E-state index contributed by atoms with van der Waals surface area (Å²) in [6, 6.07) is 4.77. The number of esters is 1. The molecular weight excluding hydrogens is 210 g/mol. The number of hydrogen-bond donors (Lipinski definition) is 1. The highest BCUT2D eigenvalue weighted by Gasteiger charge is 2.16. The number of anilines is 1. The smallest absolute Gasteiger partial charge is 0.337 e. The maximum absolute atomic E-state index is 11.3. The first-order valence-electron chi connectivity index (χ1n) is 4.86. The minimum absolute atomic E-state index is 0.0930. The van der Waals surface area contributed by atoms with E-state index in [1.165, 1.54) is 7.11 Å². The van der Waals surface area contributed by atoms with Gasteiger partial charge in [0, 0.05) is 0 Å². The second-order valence-corrected chi connectivity index (χ2v) is 3.35. The molecule has 0 aliphatic carbocycles. The van der Waals surface area contributed by atoms with Crippen molar-refractivity contribution in [1.29, 1.82) is 0 Å². The highest BCUT2D eigenvalue weighted by molar-refractivity contribution is 5.95. The minimum atomic E-state index is -0.429. The van der Waals surface area contributed by atoms with Gasteiger partial charge in [0.2, 0.25) is 5.91 Å². The zero-order chi connectivity index (χ0) is 11.5. The van der Waals surface area contributed by atoms with Crippen molar-refractivity contribution >= 4 is 17.6 Å². The summed E-state index contributed by atoms with van der Waals surface area (Å²) >= 11 is 0. The summed E-state index contributed by atoms with van der Waals surface area (Å²) in [5, 5.41) is 2.69. The number of benzene rings is 1. The quantitative estimate of drug-likeness (QED) is 0.723. The Morgan fingerprint density at radius 3 is 3.06 bits per heavy atom. The van der Waals surface area contributed by atoms with Gasteiger partial charge in [0.1, 0.15) is 5.75 Å². The SMILES string of the molecule is COC(=O)c1ccc2c(c1)OCCC(=O)N2. The maximum atomic E-state index is 11.3. The van der Waals surface area contributed by atoms with Crippen LogP contribution in [0.15, 0.2) is 18.2 Å². The fraction of sp³-hybridized carbons (Fsp3) is 0.273. The molecule has 0 saturated heterocycles. The summed E-state index contributed by atoms with van der Waals surface area (Å²) in [6.45, 7) is 0.309. The second-order valence-electron chi connectivity index (χ2n) is 3.35. The number of rotatable bonds is 1. The van der Waals surface area contributed by atoms with Crippen LogP contribution in [0.1, 0.15) is 16.8 Å². The molecule has 2 rings (SSSR count). The van der Waals surface area contributed by atoms with E-state index < -0.39 is 5.97 Å². The standard InChI is InChI=1S/C11H11NO4/c1-15-11(14)7-2-3-8-9(6-7)16-5-4-10(13)12-8/h2-3,6H,4-5H2,1H3,(H,12,13). The fourth-order valence-corrected chi connectivity index (χ4v) is 1.46. The van der Waals surface area contributed by atoms with Crippen LogP contribution in [0, 0.1) is 0 Å². The zero-order valence-corrected chi connectivity index (χ0v) is 8.78. The molecule has 84 valence electrons. The Balaban J connectivity index is 2.35. The Morgan fingerprint density at radius 2 is 2.31 bits per heavy atom. The number of fused-ring (bicyclic) bond motifs is 1. The lowest BCUT2D eigenvalue weighted by Gasteiger charge is -2.08. The van der Waals surface area contributed by atoms with Gasteiger partial charge in [0.05, 0.1) is 31.4 Å². The van der Waals surface area contributed by atoms with Crippen LogP contribution in [0.25, 0.3) is 0 Å². The molecule has 0 aromatic heterocycles. The zero-order valence-electron chi connectivity index (χ0n) is 8.78. The van der Waals surface area contributed by atoms with Crippen molar-refractivity contribution in [3.05, 3.63) is 23.8 Å². The first kappa shape index (κ1) is 10.5. The molecule has 5 nitrogen and oxygen atoms in total. The van der Waals surface area contributed by atoms with E-state index in [0.717, 1.165) is 0 Å². The van der Waals surface area contributed by atoms with Gasteiger partial charge in [-0.25, -0.2) is 4.79 Å². The Bertz CT molecular complexity index is 442. The molecule has 0 spiro atoms. The summed E-state index contributed by atoms with van der Waals surface area (Å²) in [5.74, 6) is -0.0275. The van der Waals surface area contributed by atoms with Gasteiger partial charge in [0.15, 0.2) is 0 Å². The number of carbonyl (C=O) groups excluding carboxylic acids is 2. The van der Waals surface area contributed by atoms with Crippen LogP contribution in [0.3, 0.4) is 0 Å². The van der Waals surface area contributed by atoms with E-state index in [0.29, 0.717) is 30.0 Å². The maximum Gasteiger partial charge on any atom is 0.337 e. The summed E-state index contributed by atoms with van der Waals surface area (Å²) in [4.78, 5) is 22.5. The molecule has 1 aliphatic rings. The predicted octanol–water partition coefficient (Wildman–Crippen LogP) is 1.19. The average molecular weight is 221 g/mol. The third-order valence-electron chi connectivity index (χ3n) is 2.26. The topological polar surface area (TPSA) is 64.6 Å². The molecule has 1 N–H and O–H groups in total. The molecule has 16 heavy (non-hydrogen) atoms. The third-order valence-corrected chi connectivity index (χ3v) is 2.26. The van der Waals surface area contributed by atoms with Crippen molar-refractivity contribution in [3.63, 3.8) is 0 Å². The molecular formula is C11H11NO4. The largest absolute Gasteiger partial charge is 0.491 e. The molecule has 0 radical (unpaired) electrons. The molecule has 1 heterocycles. The van der Waals surface area contributed by atoms with Crippen LogP contribution in [-0.2, 0) is 9.53 Å². The fourth-order valence-electron chi connectivity index (χ4n) is 1.46. The lowest BCUT2D eigenvalue weighted by atomic mass is 10.2. The number of nitrogens with one attached hydrogen (secondary N) is 1. The molecule has 0 bridgehead atoms. The molecule has 1 aromatic carbocycles. The van der Waals surface area contributed by atoms with Crippen LogP contribution < -0.4 is 10.1 Å². The summed E-state index contributed by atoms with van der Waals surface area (Å²) < 4.78 is 9.96. The van der Waals surface area contributed by atoms with Gasteiger partial charge in [-0.1, -0.05) is 0 Å². The van der Waals surface area contributed by atoms with E-state index >= 15 is 0 Å². The minimum Gasteiger partial charge on any atom is -0.491 e. The third kappa shape index (κ3) is 1.98. The van der Waals surface area contributed by atoms with Crippen molar-refractivity contribution in [2.24, 2.45) is 0 Å². The van der Waals surface area contributed by atoms with E-state index in [9.17, 15) is 9.59 Å². The monoisotopic (exact) mass is 221 g/mol. The molecule has 5 heteroatoms. The molecule has 1 aliphatic heterocycles. The molecule has 0 atom stereocenters. The Morgan fingerprint density at radius 1 is 1.50 bits per heavy atom. The van der Waals surface area contributed by atoms with E-state index in [1.807, 2.05) is 0 Å². The summed E-state index contributed by atoms with van der Waals surface area (Å²) in [7, 11) is 1.32. The molecule has 1 aromatic rings. The Kier molecular flexibility index (Phi) is 2.76. The van der Waals surface area contributed by atoms with Gasteiger partial charge in [-0.2, -0.15) is 0 Å². The number of hydrogen-bond acceptors (Lipinski definition) is 4. The molecule has 0 unspecified atom stereocenters. The van der Waals surface area contributed by atoms with Gasteiger partial charge in [-0.05, 0) is 18.2 Å². The second kappa shape index (κ2) is 4.22.